The maximum Gasteiger partial charge on any atom is 0.257 e. The van der Waals surface area contributed by atoms with E-state index in [1.54, 1.807) is 16.4 Å². The molecule has 0 radical (unpaired) electrons. The summed E-state index contributed by atoms with van der Waals surface area (Å²) in [7, 11) is 0. The number of rotatable bonds is 7. The number of nitrogens with zero attached hydrogens (tertiary/aromatic N) is 3. The summed E-state index contributed by atoms with van der Waals surface area (Å²) in [5.74, 6) is 2.07. The van der Waals surface area contributed by atoms with Gasteiger partial charge < -0.3 is 10.1 Å². The van der Waals surface area contributed by atoms with Gasteiger partial charge in [0.25, 0.3) is 5.91 Å². The number of thioether (sulfide) groups is 1. The minimum absolute atomic E-state index is 0.163. The Morgan fingerprint density at radius 3 is 2.83 bits per heavy atom. The van der Waals surface area contributed by atoms with Crippen molar-refractivity contribution in [2.45, 2.75) is 25.7 Å². The predicted octanol–water partition coefficient (Wildman–Crippen LogP) is 5.55. The van der Waals surface area contributed by atoms with Crippen LogP contribution in [0.2, 0.25) is 0 Å². The number of amides is 1. The van der Waals surface area contributed by atoms with Gasteiger partial charge in [0, 0.05) is 11.0 Å². The minimum atomic E-state index is -0.163. The number of carbonyl (C=O) groups excluding carboxylic acids is 1. The summed E-state index contributed by atoms with van der Waals surface area (Å²) in [6.45, 7) is 6.49. The fraction of sp³-hybridized carbons (Fsp3) is 0.227. The minimum Gasteiger partial charge on any atom is -0.492 e. The molecule has 0 saturated heterocycles. The van der Waals surface area contributed by atoms with Gasteiger partial charge in [0.1, 0.15) is 17.1 Å². The zero-order chi connectivity index (χ0) is 21.1. The van der Waals surface area contributed by atoms with Crippen LogP contribution in [-0.2, 0) is 0 Å². The monoisotopic (exact) mass is 438 g/mol. The van der Waals surface area contributed by atoms with Gasteiger partial charge in [-0.1, -0.05) is 36.5 Å². The summed E-state index contributed by atoms with van der Waals surface area (Å²) < 4.78 is 8.39. The highest BCUT2D eigenvalue weighted by Gasteiger charge is 2.18. The molecule has 2 aromatic heterocycles. The lowest BCUT2D eigenvalue weighted by Gasteiger charge is -2.09. The molecule has 4 rings (SSSR count). The molecule has 0 saturated carbocycles. The fourth-order valence-corrected chi connectivity index (χ4v) is 4.88. The molecule has 1 amide bonds. The lowest BCUT2D eigenvalue weighted by Crippen LogP contribution is -2.16. The van der Waals surface area contributed by atoms with Crippen molar-refractivity contribution in [1.82, 2.24) is 14.8 Å². The van der Waals surface area contributed by atoms with E-state index in [2.05, 4.69) is 17.3 Å². The molecule has 8 heteroatoms. The van der Waals surface area contributed by atoms with Gasteiger partial charge in [0.15, 0.2) is 0 Å². The summed E-state index contributed by atoms with van der Waals surface area (Å²) in [4.78, 5) is 18.7. The summed E-state index contributed by atoms with van der Waals surface area (Å²) in [6, 6.07) is 15.3. The van der Waals surface area contributed by atoms with Crippen LogP contribution in [0.5, 0.6) is 5.75 Å². The van der Waals surface area contributed by atoms with Gasteiger partial charge in [-0.25, -0.2) is 4.98 Å². The van der Waals surface area contributed by atoms with Crippen LogP contribution in [-0.4, -0.2) is 33.0 Å². The zero-order valence-electron chi connectivity index (χ0n) is 17.0. The number of benzene rings is 2. The molecule has 6 nitrogen and oxygen atoms in total. The van der Waals surface area contributed by atoms with Crippen molar-refractivity contribution in [2.24, 2.45) is 0 Å². The van der Waals surface area contributed by atoms with Crippen molar-refractivity contribution in [3.63, 3.8) is 0 Å². The van der Waals surface area contributed by atoms with Gasteiger partial charge in [0.2, 0.25) is 5.13 Å². The Morgan fingerprint density at radius 2 is 2.03 bits per heavy atom. The second-order valence-electron chi connectivity index (χ2n) is 6.50. The average Bonchev–Trinajstić information content (AvgIpc) is 3.32. The number of aryl methyl sites for hydroxylation is 1. The Labute approximate surface area is 183 Å². The van der Waals surface area contributed by atoms with Crippen molar-refractivity contribution in [1.29, 1.82) is 0 Å². The van der Waals surface area contributed by atoms with E-state index in [-0.39, 0.29) is 5.91 Å². The van der Waals surface area contributed by atoms with E-state index in [0.717, 1.165) is 32.3 Å². The maximum atomic E-state index is 13.0. The molecule has 2 heterocycles. The lowest BCUT2D eigenvalue weighted by atomic mass is 10.2. The number of fused-ring (bicyclic) bond motifs is 1. The van der Waals surface area contributed by atoms with Crippen molar-refractivity contribution in [3.8, 4) is 10.9 Å². The van der Waals surface area contributed by atoms with E-state index in [1.807, 2.05) is 62.4 Å². The number of ether oxygens (including phenoxy) is 1. The number of aromatic nitrogens is 3. The zero-order valence-corrected chi connectivity index (χ0v) is 18.6. The van der Waals surface area contributed by atoms with E-state index in [9.17, 15) is 4.79 Å². The number of para-hydroxylation sites is 1. The highest BCUT2D eigenvalue weighted by molar-refractivity contribution is 7.99. The van der Waals surface area contributed by atoms with Crippen LogP contribution in [0, 0.1) is 6.92 Å². The van der Waals surface area contributed by atoms with Crippen LogP contribution in [0.4, 0.5) is 5.82 Å². The van der Waals surface area contributed by atoms with Gasteiger partial charge in [-0.3, -0.25) is 4.79 Å². The topological polar surface area (TPSA) is 69.0 Å². The van der Waals surface area contributed by atoms with Crippen molar-refractivity contribution in [3.05, 3.63) is 59.8 Å². The van der Waals surface area contributed by atoms with Gasteiger partial charge in [-0.05, 0) is 43.9 Å². The van der Waals surface area contributed by atoms with Gasteiger partial charge in [-0.2, -0.15) is 9.78 Å². The quantitative estimate of drug-likeness (QED) is 0.383. The Balaban J connectivity index is 1.69. The summed E-state index contributed by atoms with van der Waals surface area (Å²) >= 11 is 3.15. The molecule has 0 aliphatic carbocycles. The van der Waals surface area contributed by atoms with E-state index >= 15 is 0 Å². The third kappa shape index (κ3) is 4.06. The molecule has 154 valence electrons. The van der Waals surface area contributed by atoms with Crippen LogP contribution in [0.3, 0.4) is 0 Å². The molecule has 30 heavy (non-hydrogen) atoms. The van der Waals surface area contributed by atoms with E-state index in [4.69, 9.17) is 9.72 Å². The predicted molar refractivity (Wildman–Crippen MR) is 123 cm³/mol. The first-order chi connectivity index (χ1) is 14.6. The third-order valence-corrected chi connectivity index (χ3v) is 6.31. The van der Waals surface area contributed by atoms with E-state index in [0.29, 0.717) is 23.1 Å². The number of anilines is 1. The number of thiazole rings is 1. The van der Waals surface area contributed by atoms with Crippen LogP contribution in [0.25, 0.3) is 15.3 Å². The van der Waals surface area contributed by atoms with Crippen LogP contribution >= 0.6 is 23.1 Å². The summed E-state index contributed by atoms with van der Waals surface area (Å²) in [5.41, 5.74) is 2.25. The van der Waals surface area contributed by atoms with Crippen LogP contribution < -0.4 is 10.1 Å². The Kier molecular flexibility index (Phi) is 6.06. The lowest BCUT2D eigenvalue weighted by molar-refractivity contribution is 0.102. The first-order valence-electron chi connectivity index (χ1n) is 9.73. The molecular formula is C22H22N4O2S2. The third-order valence-electron chi connectivity index (χ3n) is 4.36. The fourth-order valence-electron chi connectivity index (χ4n) is 3.13. The standard InChI is InChI=1S/C22H22N4O2S2/c1-4-28-16-10-8-12-18-20(16)24-22(30-18)26-19(13-14(3)25-26)23-21(27)15-9-6-7-11-17(15)29-5-2/h6-13H,4-5H2,1-3H3,(H,23,27). The second-order valence-corrected chi connectivity index (χ2v) is 8.81. The molecular weight excluding hydrogens is 416 g/mol. The van der Waals surface area contributed by atoms with Crippen LogP contribution in [0.15, 0.2) is 53.4 Å². The van der Waals surface area contributed by atoms with Crippen molar-refractivity contribution >= 4 is 45.0 Å². The number of carbonyl (C=O) groups is 1. The normalized spacial score (nSPS) is 11.0. The molecule has 0 aliphatic rings. The Bertz CT molecular complexity index is 1200. The van der Waals surface area contributed by atoms with E-state index in [1.165, 1.54) is 11.3 Å². The van der Waals surface area contributed by atoms with Gasteiger partial charge in [0.05, 0.1) is 22.6 Å². The van der Waals surface area contributed by atoms with Crippen LogP contribution in [0.1, 0.15) is 29.9 Å². The summed E-state index contributed by atoms with van der Waals surface area (Å²) in [6.07, 6.45) is 0. The highest BCUT2D eigenvalue weighted by Crippen LogP contribution is 2.33. The molecule has 0 fully saturated rings. The molecule has 0 aliphatic heterocycles. The highest BCUT2D eigenvalue weighted by atomic mass is 32.2. The van der Waals surface area contributed by atoms with Crippen molar-refractivity contribution in [2.75, 3.05) is 17.7 Å². The number of nitrogens with one attached hydrogen (secondary N) is 1. The number of hydrogen-bond donors (Lipinski definition) is 1. The molecule has 0 unspecified atom stereocenters. The Hall–Kier alpha value is -2.84. The molecule has 0 atom stereocenters. The Morgan fingerprint density at radius 1 is 1.20 bits per heavy atom. The second kappa shape index (κ2) is 8.89. The van der Waals surface area contributed by atoms with Crippen molar-refractivity contribution < 1.29 is 9.53 Å². The average molecular weight is 439 g/mol. The molecule has 0 bridgehead atoms. The summed E-state index contributed by atoms with van der Waals surface area (Å²) in [5, 5.41) is 8.25. The molecule has 1 N–H and O–H groups in total. The van der Waals surface area contributed by atoms with Gasteiger partial charge in [-0.15, -0.1) is 11.8 Å². The first kappa shape index (κ1) is 20.4. The first-order valence-corrected chi connectivity index (χ1v) is 11.5. The maximum absolute atomic E-state index is 13.0. The molecule has 0 spiro atoms. The van der Waals surface area contributed by atoms with Gasteiger partial charge >= 0.3 is 0 Å². The largest absolute Gasteiger partial charge is 0.492 e. The SMILES string of the molecule is CCOc1cccc2sc(-n3nc(C)cc3NC(=O)c3ccccc3SCC)nc12. The number of hydrogen-bond acceptors (Lipinski definition) is 6. The molecule has 4 aromatic rings. The smallest absolute Gasteiger partial charge is 0.257 e. The van der Waals surface area contributed by atoms with E-state index < -0.39 is 0 Å². The molecule has 2 aromatic carbocycles.